The van der Waals surface area contributed by atoms with Crippen molar-refractivity contribution >= 4 is 28.4 Å². The molecule has 0 heterocycles. The first-order valence-electron chi connectivity index (χ1n) is 3.18. The minimum absolute atomic E-state index is 0.123. The Kier molecular flexibility index (Phi) is 2.76. The van der Waals surface area contributed by atoms with Crippen molar-refractivity contribution in [2.75, 3.05) is 0 Å². The van der Waals surface area contributed by atoms with Crippen LogP contribution in [0.15, 0.2) is 12.1 Å². The molecule has 1 rings (SSSR count). The maximum absolute atomic E-state index is 12.7. The normalized spacial score (nSPS) is 10.0. The average molecular weight is 282 g/mol. The third-order valence-corrected chi connectivity index (χ3v) is 2.18. The number of ketones is 1. The summed E-state index contributed by atoms with van der Waals surface area (Å²) >= 11 is 1.64. The molecule has 0 N–H and O–H groups in total. The Hall–Kier alpha value is -0.520. The summed E-state index contributed by atoms with van der Waals surface area (Å²) in [6.07, 6.45) is 0. The number of benzene rings is 1. The highest BCUT2D eigenvalue weighted by atomic mass is 127. The van der Waals surface area contributed by atoms with Gasteiger partial charge in [-0.05, 0) is 41.6 Å². The van der Waals surface area contributed by atoms with Gasteiger partial charge in [0.2, 0.25) is 0 Å². The fourth-order valence-corrected chi connectivity index (χ4v) is 1.35. The number of rotatable bonds is 1. The second kappa shape index (κ2) is 3.47. The quantitative estimate of drug-likeness (QED) is 0.440. The molecule has 1 nitrogen and oxygen atoms in total. The molecule has 1 aromatic rings. The molecule has 0 aliphatic carbocycles. The van der Waals surface area contributed by atoms with Crippen LogP contribution >= 0.6 is 22.6 Å². The highest BCUT2D eigenvalue weighted by Crippen LogP contribution is 2.16. The van der Waals surface area contributed by atoms with E-state index in [0.717, 1.165) is 6.07 Å². The summed E-state index contributed by atoms with van der Waals surface area (Å²) in [4.78, 5) is 10.8. The largest absolute Gasteiger partial charge is 0.295 e. The van der Waals surface area contributed by atoms with Crippen molar-refractivity contribution < 1.29 is 13.6 Å². The SMILES string of the molecule is CC(=O)c1cc(F)c(F)c(I)c1. The third-order valence-electron chi connectivity index (χ3n) is 1.39. The number of Topliss-reactive ketones (excluding diaryl/α,β-unsaturated/α-hetero) is 1. The lowest BCUT2D eigenvalue weighted by Gasteiger charge is -1.99. The lowest BCUT2D eigenvalue weighted by Crippen LogP contribution is -1.97. The minimum atomic E-state index is -0.980. The van der Waals surface area contributed by atoms with E-state index >= 15 is 0 Å². The lowest BCUT2D eigenvalue weighted by molar-refractivity contribution is 0.101. The topological polar surface area (TPSA) is 17.1 Å². The van der Waals surface area contributed by atoms with E-state index in [1.165, 1.54) is 13.0 Å². The summed E-state index contributed by atoms with van der Waals surface area (Å²) < 4.78 is 25.5. The number of carbonyl (C=O) groups excluding carboxylic acids is 1. The van der Waals surface area contributed by atoms with Crippen molar-refractivity contribution in [3.63, 3.8) is 0 Å². The second-order valence-electron chi connectivity index (χ2n) is 2.31. The Morgan fingerprint density at radius 2 is 2.00 bits per heavy atom. The predicted molar refractivity (Wildman–Crippen MR) is 49.1 cm³/mol. The Labute approximate surface area is 81.9 Å². The summed E-state index contributed by atoms with van der Waals surface area (Å²) in [5.41, 5.74) is 0.193. The first kappa shape index (κ1) is 9.57. The van der Waals surface area contributed by atoms with E-state index in [1.54, 1.807) is 22.6 Å². The van der Waals surface area contributed by atoms with Crippen LogP contribution in [-0.2, 0) is 0 Å². The molecule has 0 saturated carbocycles. The molecule has 0 bridgehead atoms. The Morgan fingerprint density at radius 3 is 2.42 bits per heavy atom. The molecule has 1 aromatic carbocycles. The van der Waals surface area contributed by atoms with Crippen LogP contribution in [0.4, 0.5) is 8.78 Å². The Balaban J connectivity index is 3.31. The Bertz CT molecular complexity index is 313. The molecule has 0 spiro atoms. The molecule has 0 amide bonds. The molecule has 4 heteroatoms. The van der Waals surface area contributed by atoms with Crippen LogP contribution in [-0.4, -0.2) is 5.78 Å². The van der Waals surface area contributed by atoms with Crippen molar-refractivity contribution in [1.29, 1.82) is 0 Å². The first-order valence-corrected chi connectivity index (χ1v) is 4.25. The molecule has 0 fully saturated rings. The zero-order valence-electron chi connectivity index (χ0n) is 6.20. The number of carbonyl (C=O) groups is 1. The summed E-state index contributed by atoms with van der Waals surface area (Å²) in [6, 6.07) is 2.22. The lowest BCUT2D eigenvalue weighted by atomic mass is 10.1. The van der Waals surface area contributed by atoms with E-state index in [1.807, 2.05) is 0 Å². The average Bonchev–Trinajstić information content (AvgIpc) is 1.99. The maximum atomic E-state index is 12.7. The molecular formula is C8H5F2IO. The van der Waals surface area contributed by atoms with Gasteiger partial charge >= 0.3 is 0 Å². The van der Waals surface area contributed by atoms with Crippen molar-refractivity contribution in [2.24, 2.45) is 0 Å². The van der Waals surface area contributed by atoms with Crippen molar-refractivity contribution in [3.05, 3.63) is 32.9 Å². The Morgan fingerprint density at radius 1 is 1.42 bits per heavy atom. The van der Waals surface area contributed by atoms with Crippen LogP contribution in [0.25, 0.3) is 0 Å². The standard InChI is InChI=1S/C8H5F2IO/c1-4(12)5-2-6(9)8(10)7(11)3-5/h2-3H,1H3. The molecule has 12 heavy (non-hydrogen) atoms. The maximum Gasteiger partial charge on any atom is 0.172 e. The number of hydrogen-bond acceptors (Lipinski definition) is 1. The van der Waals surface area contributed by atoms with Gasteiger partial charge in [0.1, 0.15) is 0 Å². The molecule has 0 atom stereocenters. The van der Waals surface area contributed by atoms with Gasteiger partial charge < -0.3 is 0 Å². The summed E-state index contributed by atoms with van der Waals surface area (Å²) in [7, 11) is 0. The number of hydrogen-bond donors (Lipinski definition) is 0. The van der Waals surface area contributed by atoms with Crippen molar-refractivity contribution in [1.82, 2.24) is 0 Å². The molecule has 0 saturated heterocycles. The van der Waals surface area contributed by atoms with Crippen LogP contribution in [0, 0.1) is 15.2 Å². The van der Waals surface area contributed by atoms with E-state index in [9.17, 15) is 13.6 Å². The highest BCUT2D eigenvalue weighted by molar-refractivity contribution is 14.1. The molecule has 0 aliphatic heterocycles. The minimum Gasteiger partial charge on any atom is -0.295 e. The summed E-state index contributed by atoms with van der Waals surface area (Å²) in [6.45, 7) is 1.31. The van der Waals surface area contributed by atoms with Crippen LogP contribution in [0.2, 0.25) is 0 Å². The van der Waals surface area contributed by atoms with Crippen LogP contribution in [0.5, 0.6) is 0 Å². The van der Waals surface area contributed by atoms with Gasteiger partial charge in [0.25, 0.3) is 0 Å². The molecule has 0 aromatic heterocycles. The third kappa shape index (κ3) is 1.80. The van der Waals surface area contributed by atoms with E-state index in [0.29, 0.717) is 0 Å². The number of halogens is 3. The fourth-order valence-electron chi connectivity index (χ4n) is 0.759. The van der Waals surface area contributed by atoms with Gasteiger partial charge in [-0.3, -0.25) is 4.79 Å². The van der Waals surface area contributed by atoms with Crippen molar-refractivity contribution in [2.45, 2.75) is 6.92 Å². The zero-order valence-corrected chi connectivity index (χ0v) is 8.35. The first-order chi connectivity index (χ1) is 5.52. The van der Waals surface area contributed by atoms with Crippen LogP contribution < -0.4 is 0 Å². The van der Waals surface area contributed by atoms with Crippen molar-refractivity contribution in [3.8, 4) is 0 Å². The van der Waals surface area contributed by atoms with Gasteiger partial charge in [0, 0.05) is 5.56 Å². The van der Waals surface area contributed by atoms with E-state index in [4.69, 9.17) is 0 Å². The summed E-state index contributed by atoms with van der Waals surface area (Å²) in [5.74, 6) is -2.15. The highest BCUT2D eigenvalue weighted by Gasteiger charge is 2.10. The van der Waals surface area contributed by atoms with Gasteiger partial charge in [-0.25, -0.2) is 8.78 Å². The zero-order chi connectivity index (χ0) is 9.30. The predicted octanol–water partition coefficient (Wildman–Crippen LogP) is 2.77. The van der Waals surface area contributed by atoms with Gasteiger partial charge in [-0.15, -0.1) is 0 Å². The molecule has 0 aliphatic rings. The van der Waals surface area contributed by atoms with Crippen LogP contribution in [0.1, 0.15) is 17.3 Å². The second-order valence-corrected chi connectivity index (χ2v) is 3.47. The molecule has 0 radical (unpaired) electrons. The molecule has 64 valence electrons. The van der Waals surface area contributed by atoms with Gasteiger partial charge in [0.05, 0.1) is 3.57 Å². The monoisotopic (exact) mass is 282 g/mol. The van der Waals surface area contributed by atoms with Gasteiger partial charge in [0.15, 0.2) is 17.4 Å². The van der Waals surface area contributed by atoms with Crippen LogP contribution in [0.3, 0.4) is 0 Å². The molecule has 0 unspecified atom stereocenters. The van der Waals surface area contributed by atoms with Gasteiger partial charge in [-0.2, -0.15) is 0 Å². The molecular weight excluding hydrogens is 277 g/mol. The fraction of sp³-hybridized carbons (Fsp3) is 0.125. The van der Waals surface area contributed by atoms with E-state index < -0.39 is 11.6 Å². The summed E-state index contributed by atoms with van der Waals surface area (Å²) in [5, 5.41) is 0. The van der Waals surface area contributed by atoms with E-state index in [-0.39, 0.29) is 14.9 Å². The van der Waals surface area contributed by atoms with Gasteiger partial charge in [-0.1, -0.05) is 0 Å². The smallest absolute Gasteiger partial charge is 0.172 e. The van der Waals surface area contributed by atoms with E-state index in [2.05, 4.69) is 0 Å².